The predicted molar refractivity (Wildman–Crippen MR) is 129 cm³/mol. The summed E-state index contributed by atoms with van der Waals surface area (Å²) < 4.78 is 17.1. The number of amides is 1. The second-order valence-electron chi connectivity index (χ2n) is 8.06. The maximum absolute atomic E-state index is 13.5. The molecule has 2 aliphatic rings. The Kier molecular flexibility index (Phi) is 6.22. The number of carbonyl (C=O) groups excluding carboxylic acids is 1. The van der Waals surface area contributed by atoms with Gasteiger partial charge in [0.1, 0.15) is 5.82 Å². The quantitative estimate of drug-likeness (QED) is 0.407. The molecule has 9 heteroatoms. The predicted octanol–water partition coefficient (Wildman–Crippen LogP) is 4.55. The van der Waals surface area contributed by atoms with Crippen molar-refractivity contribution in [2.75, 3.05) is 39.8 Å². The van der Waals surface area contributed by atoms with Gasteiger partial charge in [0.2, 0.25) is 5.91 Å². The summed E-state index contributed by atoms with van der Waals surface area (Å²) in [6, 6.07) is 10.9. The van der Waals surface area contributed by atoms with Gasteiger partial charge in [-0.2, -0.15) is 0 Å². The van der Waals surface area contributed by atoms with E-state index >= 15 is 0 Å². The van der Waals surface area contributed by atoms with E-state index in [1.807, 2.05) is 17.5 Å². The van der Waals surface area contributed by atoms with E-state index in [4.69, 9.17) is 11.6 Å². The summed E-state index contributed by atoms with van der Waals surface area (Å²) in [5.74, 6) is -0.795. The number of halogens is 2. The highest BCUT2D eigenvalue weighted by atomic mass is 35.5. The number of likely N-dealkylation sites (N-methyl/N-ethyl adjacent to an activating group) is 1. The first-order valence-corrected chi connectivity index (χ1v) is 12.4. The van der Waals surface area contributed by atoms with Gasteiger partial charge in [0.25, 0.3) is 0 Å². The molecule has 1 amide bonds. The molecule has 3 heterocycles. The van der Waals surface area contributed by atoms with Crippen molar-refractivity contribution in [3.05, 3.63) is 69.5 Å². The number of carbonyl (C=O) groups is 1. The van der Waals surface area contributed by atoms with Crippen LogP contribution in [0.5, 0.6) is 0 Å². The normalized spacial score (nSPS) is 17.4. The van der Waals surface area contributed by atoms with Crippen LogP contribution in [-0.2, 0) is 4.79 Å². The van der Waals surface area contributed by atoms with E-state index in [0.29, 0.717) is 19.6 Å². The van der Waals surface area contributed by atoms with Crippen LogP contribution in [0.3, 0.4) is 0 Å². The maximum atomic E-state index is 13.5. The highest BCUT2D eigenvalue weighted by Crippen LogP contribution is 2.36. The first-order valence-electron chi connectivity index (χ1n) is 10.4. The number of hydrogen-bond acceptors (Lipinski definition) is 6. The van der Waals surface area contributed by atoms with Crippen molar-refractivity contribution in [3.63, 3.8) is 0 Å². The van der Waals surface area contributed by atoms with Gasteiger partial charge in [-0.15, -0.1) is 11.3 Å². The van der Waals surface area contributed by atoms with Crippen molar-refractivity contribution < 1.29 is 9.18 Å². The Morgan fingerprint density at radius 2 is 2.00 bits per heavy atom. The standard InChI is InChI=1S/C23H22ClFN4OS2/c1-26-8-18(14-2-4-20(25)19(24)6-14)23(30)28-9-15(10-28)16-11-29(12-16)32-17-3-5-21-22(7-17)31-13-27-21/h2-7,13,18,26H,8-12H2,1H3. The summed E-state index contributed by atoms with van der Waals surface area (Å²) in [5, 5.41) is 3.12. The largest absolute Gasteiger partial charge is 0.334 e. The lowest BCUT2D eigenvalue weighted by Crippen LogP contribution is -2.51. The van der Waals surface area contributed by atoms with Crippen LogP contribution in [0.1, 0.15) is 11.5 Å². The molecule has 0 aliphatic carbocycles. The third-order valence-corrected chi connectivity index (χ3v) is 7.96. The smallest absolute Gasteiger partial charge is 0.231 e. The van der Waals surface area contributed by atoms with E-state index < -0.39 is 5.82 Å². The fourth-order valence-corrected chi connectivity index (χ4v) is 6.02. The second kappa shape index (κ2) is 9.11. The van der Waals surface area contributed by atoms with Crippen LogP contribution in [0, 0.1) is 5.82 Å². The fraction of sp³-hybridized carbons (Fsp3) is 0.304. The Hall–Kier alpha value is -1.97. The minimum atomic E-state index is -0.471. The fourth-order valence-electron chi connectivity index (χ4n) is 4.00. The average Bonchev–Trinajstić information content (AvgIpc) is 3.19. The van der Waals surface area contributed by atoms with E-state index in [-0.39, 0.29) is 16.8 Å². The Balaban J connectivity index is 1.17. The maximum Gasteiger partial charge on any atom is 0.231 e. The molecule has 2 aromatic carbocycles. The number of rotatable bonds is 6. The summed E-state index contributed by atoms with van der Waals surface area (Å²) >= 11 is 9.37. The number of thiazole rings is 1. The molecule has 0 bridgehead atoms. The van der Waals surface area contributed by atoms with Gasteiger partial charge in [0.05, 0.1) is 26.7 Å². The molecule has 32 heavy (non-hydrogen) atoms. The molecular formula is C23H22ClFN4OS2. The van der Waals surface area contributed by atoms with Crippen LogP contribution in [0.25, 0.3) is 10.2 Å². The summed E-state index contributed by atoms with van der Waals surface area (Å²) in [6.45, 7) is 3.69. The van der Waals surface area contributed by atoms with Crippen molar-refractivity contribution in [2.24, 2.45) is 0 Å². The van der Waals surface area contributed by atoms with E-state index in [1.54, 1.807) is 35.4 Å². The zero-order chi connectivity index (χ0) is 22.2. The van der Waals surface area contributed by atoms with Crippen LogP contribution in [0.2, 0.25) is 5.02 Å². The summed E-state index contributed by atoms with van der Waals surface area (Å²) in [7, 11) is 1.81. The monoisotopic (exact) mass is 488 g/mol. The molecule has 1 atom stereocenters. The molecule has 1 aromatic heterocycles. The molecule has 0 spiro atoms. The van der Waals surface area contributed by atoms with Crippen LogP contribution in [-0.4, -0.2) is 59.9 Å². The van der Waals surface area contributed by atoms with Gasteiger partial charge in [-0.1, -0.05) is 17.7 Å². The third kappa shape index (κ3) is 4.30. The highest BCUT2D eigenvalue weighted by Gasteiger charge is 2.35. The van der Waals surface area contributed by atoms with Gasteiger partial charge < -0.3 is 10.2 Å². The van der Waals surface area contributed by atoms with Gasteiger partial charge in [0.15, 0.2) is 0 Å². The topological polar surface area (TPSA) is 48.5 Å². The SMILES string of the molecule is CNCC(C(=O)N1CC(=C2CN(Sc3ccc4ncsc4c3)C2)C1)c1ccc(F)c(Cl)c1. The van der Waals surface area contributed by atoms with E-state index in [2.05, 4.69) is 32.8 Å². The zero-order valence-electron chi connectivity index (χ0n) is 17.5. The molecule has 0 radical (unpaired) electrons. The van der Waals surface area contributed by atoms with Crippen LogP contribution >= 0.6 is 34.9 Å². The van der Waals surface area contributed by atoms with Crippen LogP contribution in [0.4, 0.5) is 4.39 Å². The third-order valence-electron chi connectivity index (χ3n) is 5.90. The molecule has 2 fully saturated rings. The molecule has 0 saturated carbocycles. The lowest BCUT2D eigenvalue weighted by molar-refractivity contribution is -0.134. The summed E-state index contributed by atoms with van der Waals surface area (Å²) in [5.41, 5.74) is 6.44. The van der Waals surface area contributed by atoms with Crippen molar-refractivity contribution in [3.8, 4) is 0 Å². The molecule has 5 rings (SSSR count). The lowest BCUT2D eigenvalue weighted by atomic mass is 9.92. The molecular weight excluding hydrogens is 467 g/mol. The molecule has 166 valence electrons. The van der Waals surface area contributed by atoms with Gasteiger partial charge in [0, 0.05) is 37.6 Å². The highest BCUT2D eigenvalue weighted by molar-refractivity contribution is 7.97. The van der Waals surface area contributed by atoms with Gasteiger partial charge in [-0.25, -0.2) is 13.7 Å². The van der Waals surface area contributed by atoms with E-state index in [9.17, 15) is 9.18 Å². The number of hydrogen-bond donors (Lipinski definition) is 1. The number of aromatic nitrogens is 1. The first kappa shape index (κ1) is 21.9. The molecule has 3 aromatic rings. The molecule has 2 saturated heterocycles. The number of fused-ring (bicyclic) bond motifs is 1. The van der Waals surface area contributed by atoms with Gasteiger partial charge >= 0.3 is 0 Å². The van der Waals surface area contributed by atoms with Crippen LogP contribution < -0.4 is 5.32 Å². The summed E-state index contributed by atoms with van der Waals surface area (Å²) in [4.78, 5) is 20.5. The number of nitrogens with one attached hydrogen (secondary N) is 1. The van der Waals surface area contributed by atoms with E-state index in [0.717, 1.165) is 24.2 Å². The Morgan fingerprint density at radius 1 is 1.22 bits per heavy atom. The Bertz CT molecular complexity index is 1200. The number of nitrogens with zero attached hydrogens (tertiary/aromatic N) is 3. The van der Waals surface area contributed by atoms with Crippen molar-refractivity contribution >= 4 is 51.0 Å². The summed E-state index contributed by atoms with van der Waals surface area (Å²) in [6.07, 6.45) is 0. The minimum absolute atomic E-state index is 0.0457. The Labute approximate surface area is 199 Å². The number of benzene rings is 2. The second-order valence-corrected chi connectivity index (χ2v) is 10.5. The van der Waals surface area contributed by atoms with Gasteiger partial charge in [-0.05, 0) is 66.0 Å². The molecule has 1 unspecified atom stereocenters. The average molecular weight is 489 g/mol. The van der Waals surface area contributed by atoms with Crippen LogP contribution in [0.15, 0.2) is 58.0 Å². The molecule has 5 nitrogen and oxygen atoms in total. The molecule has 2 aliphatic heterocycles. The Morgan fingerprint density at radius 3 is 2.75 bits per heavy atom. The minimum Gasteiger partial charge on any atom is -0.334 e. The van der Waals surface area contributed by atoms with Crippen molar-refractivity contribution in [2.45, 2.75) is 10.8 Å². The number of likely N-dealkylation sites (tertiary alicyclic amines) is 1. The van der Waals surface area contributed by atoms with Crippen molar-refractivity contribution in [1.29, 1.82) is 0 Å². The lowest BCUT2D eigenvalue weighted by Gasteiger charge is -2.43. The van der Waals surface area contributed by atoms with Crippen molar-refractivity contribution in [1.82, 2.24) is 19.5 Å². The van der Waals surface area contributed by atoms with Gasteiger partial charge in [-0.3, -0.25) is 4.79 Å². The first-order chi connectivity index (χ1) is 15.5. The van der Waals surface area contributed by atoms with E-state index in [1.165, 1.54) is 26.8 Å². The molecule has 1 N–H and O–H groups in total. The zero-order valence-corrected chi connectivity index (χ0v) is 19.9.